The average molecular weight is 348 g/mol. The molecule has 2 amide bonds. The van der Waals surface area contributed by atoms with E-state index in [1.54, 1.807) is 6.07 Å². The quantitative estimate of drug-likeness (QED) is 0.765. The minimum atomic E-state index is -0.560. The number of carbonyl (C=O) groups is 1. The summed E-state index contributed by atoms with van der Waals surface area (Å²) < 4.78 is 1.08. The van der Waals surface area contributed by atoms with Crippen molar-refractivity contribution >= 4 is 33.3 Å². The van der Waals surface area contributed by atoms with Gasteiger partial charge in [-0.15, -0.1) is 0 Å². The van der Waals surface area contributed by atoms with E-state index >= 15 is 0 Å². The smallest absolute Gasteiger partial charge is 0.316 e. The molecule has 0 radical (unpaired) electrons. The molecule has 0 bridgehead atoms. The molecule has 0 aliphatic heterocycles. The molecular formula is C16H18BrN3O. The SMILES string of the molecule is CC(Cc1ccc(Br)cc1)Nc1cccc(NC(N)=O)c1. The lowest BCUT2D eigenvalue weighted by Crippen LogP contribution is -2.20. The van der Waals surface area contributed by atoms with Crippen molar-refractivity contribution in [1.29, 1.82) is 0 Å². The van der Waals surface area contributed by atoms with Gasteiger partial charge in [0.05, 0.1) is 0 Å². The largest absolute Gasteiger partial charge is 0.382 e. The van der Waals surface area contributed by atoms with Gasteiger partial charge >= 0.3 is 6.03 Å². The Kier molecular flexibility index (Phi) is 5.22. The van der Waals surface area contributed by atoms with Crippen LogP contribution in [0.25, 0.3) is 0 Å². The lowest BCUT2D eigenvalue weighted by Gasteiger charge is -2.16. The second kappa shape index (κ2) is 7.13. The van der Waals surface area contributed by atoms with Crippen LogP contribution < -0.4 is 16.4 Å². The number of carbonyl (C=O) groups excluding carboxylic acids is 1. The predicted molar refractivity (Wildman–Crippen MR) is 90.6 cm³/mol. The number of nitrogens with one attached hydrogen (secondary N) is 2. The van der Waals surface area contributed by atoms with Crippen molar-refractivity contribution in [1.82, 2.24) is 0 Å². The molecular weight excluding hydrogens is 330 g/mol. The van der Waals surface area contributed by atoms with Gasteiger partial charge in [-0.05, 0) is 49.2 Å². The van der Waals surface area contributed by atoms with Gasteiger partial charge in [-0.2, -0.15) is 0 Å². The molecule has 0 heterocycles. The van der Waals surface area contributed by atoms with Crippen molar-refractivity contribution in [2.24, 2.45) is 5.73 Å². The maximum absolute atomic E-state index is 10.9. The van der Waals surface area contributed by atoms with Crippen molar-refractivity contribution in [3.8, 4) is 0 Å². The maximum Gasteiger partial charge on any atom is 0.316 e. The number of rotatable bonds is 5. The van der Waals surface area contributed by atoms with E-state index in [2.05, 4.69) is 45.6 Å². The highest BCUT2D eigenvalue weighted by Crippen LogP contribution is 2.17. The topological polar surface area (TPSA) is 67.2 Å². The number of halogens is 1. The zero-order valence-electron chi connectivity index (χ0n) is 11.8. The van der Waals surface area contributed by atoms with Crippen LogP contribution in [0.2, 0.25) is 0 Å². The van der Waals surface area contributed by atoms with Gasteiger partial charge in [0.1, 0.15) is 0 Å². The van der Waals surface area contributed by atoms with E-state index in [9.17, 15) is 4.79 Å². The van der Waals surface area contributed by atoms with E-state index in [0.29, 0.717) is 5.69 Å². The van der Waals surface area contributed by atoms with Gasteiger partial charge in [0, 0.05) is 21.9 Å². The van der Waals surface area contributed by atoms with Crippen molar-refractivity contribution < 1.29 is 4.79 Å². The molecule has 21 heavy (non-hydrogen) atoms. The molecule has 4 N–H and O–H groups in total. The third-order valence-corrected chi connectivity index (χ3v) is 3.53. The number of primary amides is 1. The number of benzene rings is 2. The van der Waals surface area contributed by atoms with Crippen LogP contribution in [-0.2, 0) is 6.42 Å². The fourth-order valence-electron chi connectivity index (χ4n) is 2.14. The predicted octanol–water partition coefficient (Wildman–Crippen LogP) is 3.98. The summed E-state index contributed by atoms with van der Waals surface area (Å²) in [5, 5.41) is 5.98. The Labute approximate surface area is 132 Å². The highest BCUT2D eigenvalue weighted by molar-refractivity contribution is 9.10. The van der Waals surface area contributed by atoms with Crippen LogP contribution in [0.3, 0.4) is 0 Å². The zero-order valence-corrected chi connectivity index (χ0v) is 13.4. The molecule has 0 saturated heterocycles. The molecule has 0 aromatic heterocycles. The first-order chi connectivity index (χ1) is 10.0. The second-order valence-corrected chi connectivity index (χ2v) is 5.86. The summed E-state index contributed by atoms with van der Waals surface area (Å²) in [6.45, 7) is 2.12. The summed E-state index contributed by atoms with van der Waals surface area (Å²) in [6, 6.07) is 15.5. The Morgan fingerprint density at radius 3 is 2.52 bits per heavy atom. The lowest BCUT2D eigenvalue weighted by molar-refractivity contribution is 0.259. The highest BCUT2D eigenvalue weighted by Gasteiger charge is 2.05. The van der Waals surface area contributed by atoms with E-state index in [0.717, 1.165) is 16.6 Å². The number of anilines is 2. The first kappa shape index (κ1) is 15.4. The van der Waals surface area contributed by atoms with Crippen LogP contribution in [0.15, 0.2) is 53.0 Å². The normalized spacial score (nSPS) is 11.7. The van der Waals surface area contributed by atoms with Crippen molar-refractivity contribution in [2.75, 3.05) is 10.6 Å². The van der Waals surface area contributed by atoms with E-state index in [1.807, 2.05) is 30.3 Å². The Morgan fingerprint density at radius 1 is 1.19 bits per heavy atom. The molecule has 0 aliphatic carbocycles. The van der Waals surface area contributed by atoms with Gasteiger partial charge < -0.3 is 16.4 Å². The van der Waals surface area contributed by atoms with Crippen LogP contribution >= 0.6 is 15.9 Å². The van der Waals surface area contributed by atoms with E-state index in [4.69, 9.17) is 5.73 Å². The Hall–Kier alpha value is -2.01. The minimum Gasteiger partial charge on any atom is -0.382 e. The maximum atomic E-state index is 10.9. The van der Waals surface area contributed by atoms with Crippen LogP contribution in [-0.4, -0.2) is 12.1 Å². The summed E-state index contributed by atoms with van der Waals surface area (Å²) in [7, 11) is 0. The van der Waals surface area contributed by atoms with Crippen molar-refractivity contribution in [3.05, 3.63) is 58.6 Å². The number of urea groups is 1. The summed E-state index contributed by atoms with van der Waals surface area (Å²) in [5.41, 5.74) is 8.02. The summed E-state index contributed by atoms with van der Waals surface area (Å²) in [4.78, 5) is 10.9. The minimum absolute atomic E-state index is 0.273. The van der Waals surface area contributed by atoms with Gasteiger partial charge in [0.15, 0.2) is 0 Å². The lowest BCUT2D eigenvalue weighted by atomic mass is 10.1. The van der Waals surface area contributed by atoms with Crippen LogP contribution in [0.5, 0.6) is 0 Å². The van der Waals surface area contributed by atoms with Crippen molar-refractivity contribution in [3.63, 3.8) is 0 Å². The zero-order chi connectivity index (χ0) is 15.2. The number of hydrogen-bond acceptors (Lipinski definition) is 2. The first-order valence-electron chi connectivity index (χ1n) is 6.70. The van der Waals surface area contributed by atoms with Crippen LogP contribution in [0, 0.1) is 0 Å². The average Bonchev–Trinajstić information content (AvgIpc) is 2.41. The summed E-state index contributed by atoms with van der Waals surface area (Å²) in [6.07, 6.45) is 0.917. The first-order valence-corrected chi connectivity index (χ1v) is 7.50. The molecule has 0 aliphatic rings. The van der Waals surface area contributed by atoms with Crippen LogP contribution in [0.4, 0.5) is 16.2 Å². The van der Waals surface area contributed by atoms with Gasteiger partial charge in [0.25, 0.3) is 0 Å². The van der Waals surface area contributed by atoms with Gasteiger partial charge in [-0.3, -0.25) is 0 Å². The van der Waals surface area contributed by atoms with Gasteiger partial charge in [-0.25, -0.2) is 4.79 Å². The third kappa shape index (κ3) is 5.11. The number of nitrogens with two attached hydrogens (primary N) is 1. The highest BCUT2D eigenvalue weighted by atomic mass is 79.9. The molecule has 110 valence electrons. The number of hydrogen-bond donors (Lipinski definition) is 3. The standard InChI is InChI=1S/C16H18BrN3O/c1-11(9-12-5-7-13(17)8-6-12)19-14-3-2-4-15(10-14)20-16(18)21/h2-8,10-11,19H,9H2,1H3,(H3,18,20,21). The fourth-order valence-corrected chi connectivity index (χ4v) is 2.40. The Bertz CT molecular complexity index is 613. The molecule has 1 atom stereocenters. The molecule has 0 fully saturated rings. The van der Waals surface area contributed by atoms with Crippen molar-refractivity contribution in [2.45, 2.75) is 19.4 Å². The second-order valence-electron chi connectivity index (χ2n) is 4.95. The molecule has 5 heteroatoms. The van der Waals surface area contributed by atoms with E-state index in [1.165, 1.54) is 5.56 Å². The Balaban J connectivity index is 1.97. The molecule has 0 saturated carbocycles. The fraction of sp³-hybridized carbons (Fsp3) is 0.188. The molecule has 0 spiro atoms. The molecule has 4 nitrogen and oxygen atoms in total. The Morgan fingerprint density at radius 2 is 1.86 bits per heavy atom. The third-order valence-electron chi connectivity index (χ3n) is 3.00. The molecule has 2 rings (SSSR count). The van der Waals surface area contributed by atoms with Crippen LogP contribution in [0.1, 0.15) is 12.5 Å². The van der Waals surface area contributed by atoms with Gasteiger partial charge in [-0.1, -0.05) is 34.1 Å². The molecule has 2 aromatic rings. The summed E-state index contributed by atoms with van der Waals surface area (Å²) >= 11 is 3.43. The summed E-state index contributed by atoms with van der Waals surface area (Å²) in [5.74, 6) is 0. The van der Waals surface area contributed by atoms with Gasteiger partial charge in [0.2, 0.25) is 0 Å². The van der Waals surface area contributed by atoms with E-state index in [-0.39, 0.29) is 6.04 Å². The number of amides is 2. The monoisotopic (exact) mass is 347 g/mol. The van der Waals surface area contributed by atoms with E-state index < -0.39 is 6.03 Å². The molecule has 1 unspecified atom stereocenters. The molecule has 2 aromatic carbocycles.